The molecule has 6 heteroatoms. The second-order valence-electron chi connectivity index (χ2n) is 5.31. The molecule has 0 radical (unpaired) electrons. The van der Waals surface area contributed by atoms with Crippen LogP contribution in [-0.2, 0) is 22.0 Å². The summed E-state index contributed by atoms with van der Waals surface area (Å²) < 4.78 is 20.8. The molecule has 116 valence electrons. The second kappa shape index (κ2) is 4.99. The fourth-order valence-corrected chi connectivity index (χ4v) is 3.23. The van der Waals surface area contributed by atoms with Crippen molar-refractivity contribution in [2.45, 2.75) is 5.41 Å². The number of halogens is 1. The van der Waals surface area contributed by atoms with Gasteiger partial charge >= 0.3 is 5.97 Å². The first-order valence-corrected chi connectivity index (χ1v) is 6.90. The van der Waals surface area contributed by atoms with Gasteiger partial charge in [0.25, 0.3) is 0 Å². The highest BCUT2D eigenvalue weighted by Gasteiger charge is 2.52. The summed E-state index contributed by atoms with van der Waals surface area (Å²) >= 11 is 0. The standard InChI is InChI=1S/C17H14FN3O2/c1-21-8-4-7-12(21)17(9-19)10-5-3-6-11(18)13(10)15(20)14(17)16(22)23-2/h3-8H,20H2,1-2H3/t17-/m0/s1. The summed E-state index contributed by atoms with van der Waals surface area (Å²) in [4.78, 5) is 12.3. The van der Waals surface area contributed by atoms with E-state index in [0.717, 1.165) is 0 Å². The lowest BCUT2D eigenvalue weighted by Gasteiger charge is -2.26. The van der Waals surface area contributed by atoms with Crippen LogP contribution in [-0.4, -0.2) is 17.6 Å². The predicted molar refractivity (Wildman–Crippen MR) is 81.3 cm³/mol. The van der Waals surface area contributed by atoms with Crippen molar-refractivity contribution in [2.24, 2.45) is 12.8 Å². The molecule has 1 aromatic carbocycles. The van der Waals surface area contributed by atoms with E-state index in [0.29, 0.717) is 11.3 Å². The monoisotopic (exact) mass is 311 g/mol. The Morgan fingerprint density at radius 1 is 1.39 bits per heavy atom. The molecule has 0 amide bonds. The summed E-state index contributed by atoms with van der Waals surface area (Å²) in [6.07, 6.45) is 1.75. The van der Waals surface area contributed by atoms with Crippen molar-refractivity contribution >= 4 is 11.7 Å². The molecule has 0 saturated heterocycles. The zero-order valence-corrected chi connectivity index (χ0v) is 12.6. The minimum absolute atomic E-state index is 0.0515. The van der Waals surface area contributed by atoms with E-state index < -0.39 is 17.2 Å². The molecule has 0 spiro atoms. The van der Waals surface area contributed by atoms with Crippen molar-refractivity contribution in [1.29, 1.82) is 5.26 Å². The molecule has 5 nitrogen and oxygen atoms in total. The molecule has 0 saturated carbocycles. The molecular formula is C17H14FN3O2. The number of nitrogens with zero attached hydrogens (tertiary/aromatic N) is 2. The summed E-state index contributed by atoms with van der Waals surface area (Å²) in [6.45, 7) is 0. The van der Waals surface area contributed by atoms with Crippen LogP contribution in [0, 0.1) is 17.1 Å². The van der Waals surface area contributed by atoms with Gasteiger partial charge in [0.05, 0.1) is 24.4 Å². The fourth-order valence-electron chi connectivity index (χ4n) is 3.23. The van der Waals surface area contributed by atoms with E-state index >= 15 is 0 Å². The summed E-state index contributed by atoms with van der Waals surface area (Å²) in [5.41, 5.74) is 5.38. The van der Waals surface area contributed by atoms with Crippen LogP contribution in [0.1, 0.15) is 16.8 Å². The first kappa shape index (κ1) is 14.9. The van der Waals surface area contributed by atoms with E-state index in [1.54, 1.807) is 36.0 Å². The highest BCUT2D eigenvalue weighted by atomic mass is 19.1. The van der Waals surface area contributed by atoms with Crippen molar-refractivity contribution in [3.05, 3.63) is 64.7 Å². The Kier molecular flexibility index (Phi) is 3.22. The number of ether oxygens (including phenoxy) is 1. The Hall–Kier alpha value is -3.07. The molecule has 2 N–H and O–H groups in total. The van der Waals surface area contributed by atoms with E-state index in [-0.39, 0.29) is 16.8 Å². The summed E-state index contributed by atoms with van der Waals surface area (Å²) in [6, 6.07) is 9.98. The summed E-state index contributed by atoms with van der Waals surface area (Å²) in [7, 11) is 2.95. The normalized spacial score (nSPS) is 19.4. The van der Waals surface area contributed by atoms with Gasteiger partial charge < -0.3 is 15.0 Å². The van der Waals surface area contributed by atoms with Crippen LogP contribution in [0.15, 0.2) is 42.1 Å². The molecule has 1 atom stereocenters. The highest BCUT2D eigenvalue weighted by Crippen LogP contribution is 2.49. The zero-order valence-electron chi connectivity index (χ0n) is 12.6. The van der Waals surface area contributed by atoms with Crippen molar-refractivity contribution in [1.82, 2.24) is 4.57 Å². The number of nitriles is 1. The van der Waals surface area contributed by atoms with Crippen molar-refractivity contribution < 1.29 is 13.9 Å². The van der Waals surface area contributed by atoms with Gasteiger partial charge in [-0.3, -0.25) is 0 Å². The maximum Gasteiger partial charge on any atom is 0.338 e. The highest BCUT2D eigenvalue weighted by molar-refractivity contribution is 6.05. The lowest BCUT2D eigenvalue weighted by atomic mass is 9.75. The largest absolute Gasteiger partial charge is 0.466 e. The molecule has 2 aromatic rings. The molecule has 0 aliphatic heterocycles. The maximum absolute atomic E-state index is 14.3. The van der Waals surface area contributed by atoms with Crippen LogP contribution in [0.3, 0.4) is 0 Å². The molecule has 0 fully saturated rings. The van der Waals surface area contributed by atoms with Crippen molar-refractivity contribution in [3.8, 4) is 6.07 Å². The van der Waals surface area contributed by atoms with Gasteiger partial charge in [-0.1, -0.05) is 12.1 Å². The van der Waals surface area contributed by atoms with E-state index in [1.807, 2.05) is 0 Å². The average molecular weight is 311 g/mol. The molecule has 1 aromatic heterocycles. The lowest BCUT2D eigenvalue weighted by Crippen LogP contribution is -2.33. The zero-order chi connectivity index (χ0) is 16.8. The van der Waals surface area contributed by atoms with Gasteiger partial charge in [0, 0.05) is 24.5 Å². The predicted octanol–water partition coefficient (Wildman–Crippen LogP) is 1.83. The van der Waals surface area contributed by atoms with Gasteiger partial charge in [-0.25, -0.2) is 9.18 Å². The topological polar surface area (TPSA) is 81.0 Å². The van der Waals surface area contributed by atoms with Crippen LogP contribution >= 0.6 is 0 Å². The van der Waals surface area contributed by atoms with Crippen LogP contribution in [0.2, 0.25) is 0 Å². The average Bonchev–Trinajstić information content (AvgIpc) is 3.07. The number of aromatic nitrogens is 1. The Balaban J connectivity index is 2.47. The third-order valence-electron chi connectivity index (χ3n) is 4.22. The Bertz CT molecular complexity index is 891. The molecule has 1 aliphatic rings. The maximum atomic E-state index is 14.3. The fraction of sp³-hybridized carbons (Fsp3) is 0.176. The lowest BCUT2D eigenvalue weighted by molar-refractivity contribution is -0.136. The number of carbonyl (C=O) groups is 1. The van der Waals surface area contributed by atoms with Crippen LogP contribution in [0.4, 0.5) is 4.39 Å². The molecule has 1 aliphatic carbocycles. The Labute approximate surface area is 132 Å². The van der Waals surface area contributed by atoms with Gasteiger partial charge in [0.1, 0.15) is 5.82 Å². The quantitative estimate of drug-likeness (QED) is 0.858. The first-order valence-electron chi connectivity index (χ1n) is 6.90. The SMILES string of the molecule is COC(=O)C1=C(N)c2c(F)cccc2[C@@]1(C#N)c1cccn1C. The van der Waals surface area contributed by atoms with E-state index in [4.69, 9.17) is 10.5 Å². The minimum atomic E-state index is -1.51. The number of nitrogens with two attached hydrogens (primary N) is 1. The van der Waals surface area contributed by atoms with Gasteiger partial charge in [-0.05, 0) is 23.8 Å². The molecule has 23 heavy (non-hydrogen) atoms. The number of esters is 1. The summed E-state index contributed by atoms with van der Waals surface area (Å²) in [5.74, 6) is -1.33. The van der Waals surface area contributed by atoms with Crippen molar-refractivity contribution in [3.63, 3.8) is 0 Å². The molecule has 3 rings (SSSR count). The van der Waals surface area contributed by atoms with Gasteiger partial charge in [-0.2, -0.15) is 5.26 Å². The van der Waals surface area contributed by atoms with Gasteiger partial charge in [0.2, 0.25) is 0 Å². The first-order chi connectivity index (χ1) is 11.0. The number of benzene rings is 1. The van der Waals surface area contributed by atoms with E-state index in [2.05, 4.69) is 6.07 Å². The number of hydrogen-bond donors (Lipinski definition) is 1. The van der Waals surface area contributed by atoms with Crippen LogP contribution < -0.4 is 5.73 Å². The number of rotatable bonds is 2. The van der Waals surface area contributed by atoms with Crippen LogP contribution in [0.5, 0.6) is 0 Å². The number of methoxy groups -OCH3 is 1. The molecule has 0 bridgehead atoms. The van der Waals surface area contributed by atoms with Gasteiger partial charge in [-0.15, -0.1) is 0 Å². The Morgan fingerprint density at radius 2 is 2.13 bits per heavy atom. The van der Waals surface area contributed by atoms with Gasteiger partial charge in [0.15, 0.2) is 5.41 Å². The molecular weight excluding hydrogens is 297 g/mol. The van der Waals surface area contributed by atoms with Crippen LogP contribution in [0.25, 0.3) is 5.70 Å². The Morgan fingerprint density at radius 3 is 2.70 bits per heavy atom. The van der Waals surface area contributed by atoms with E-state index in [1.165, 1.54) is 19.2 Å². The second-order valence-corrected chi connectivity index (χ2v) is 5.31. The number of aryl methyl sites for hydroxylation is 1. The third-order valence-corrected chi connectivity index (χ3v) is 4.22. The third kappa shape index (κ3) is 1.73. The molecule has 1 heterocycles. The minimum Gasteiger partial charge on any atom is -0.466 e. The number of fused-ring (bicyclic) bond motifs is 1. The smallest absolute Gasteiger partial charge is 0.338 e. The van der Waals surface area contributed by atoms with Crippen molar-refractivity contribution in [2.75, 3.05) is 7.11 Å². The summed E-state index contributed by atoms with van der Waals surface area (Å²) in [5, 5.41) is 10.00. The number of carbonyl (C=O) groups excluding carboxylic acids is 1. The molecule has 0 unspecified atom stereocenters. The van der Waals surface area contributed by atoms with E-state index in [9.17, 15) is 14.4 Å². The number of hydrogen-bond acceptors (Lipinski definition) is 4.